The molecule has 2 rings (SSSR count). The summed E-state index contributed by atoms with van der Waals surface area (Å²) in [6, 6.07) is 1.70. The third-order valence-corrected chi connectivity index (χ3v) is 2.16. The molecule has 18 heavy (non-hydrogen) atoms. The molecule has 1 aromatic heterocycles. The van der Waals surface area contributed by atoms with Crippen LogP contribution in [-0.4, -0.2) is 16.0 Å². The molecule has 0 spiro atoms. The third-order valence-electron chi connectivity index (χ3n) is 2.16. The summed E-state index contributed by atoms with van der Waals surface area (Å²) in [6.45, 7) is -0.0110. The number of aromatic nitrogens is 2. The zero-order chi connectivity index (χ0) is 13.1. The van der Waals surface area contributed by atoms with Crippen molar-refractivity contribution in [2.75, 3.05) is 5.73 Å². The maximum absolute atomic E-state index is 13.1. The van der Waals surface area contributed by atoms with Crippen LogP contribution in [0.5, 0.6) is 0 Å². The van der Waals surface area contributed by atoms with Crippen LogP contribution in [0.1, 0.15) is 16.2 Å². The lowest BCUT2D eigenvalue weighted by Gasteiger charge is -2.05. The molecular weight excluding hydrogens is 246 g/mol. The van der Waals surface area contributed by atoms with Crippen LogP contribution in [0.3, 0.4) is 0 Å². The zero-order valence-electron chi connectivity index (χ0n) is 8.98. The van der Waals surface area contributed by atoms with Gasteiger partial charge in [0.1, 0.15) is 17.3 Å². The maximum atomic E-state index is 13.1. The molecular formula is C10H8F2N4O2. The first-order chi connectivity index (χ1) is 8.58. The SMILES string of the molecule is Nc1c(F)cc(C(=O)NCc2ncon2)cc1F. The molecule has 1 amide bonds. The van der Waals surface area contributed by atoms with Crippen molar-refractivity contribution in [3.05, 3.63) is 41.5 Å². The third kappa shape index (κ3) is 2.42. The molecule has 3 N–H and O–H groups in total. The van der Waals surface area contributed by atoms with E-state index in [2.05, 4.69) is 20.0 Å². The van der Waals surface area contributed by atoms with Crippen molar-refractivity contribution in [1.29, 1.82) is 0 Å². The van der Waals surface area contributed by atoms with E-state index in [-0.39, 0.29) is 17.9 Å². The normalized spacial score (nSPS) is 10.3. The van der Waals surface area contributed by atoms with Crippen LogP contribution < -0.4 is 11.1 Å². The number of halogens is 2. The van der Waals surface area contributed by atoms with E-state index in [0.717, 1.165) is 18.5 Å². The molecule has 0 aliphatic heterocycles. The van der Waals surface area contributed by atoms with Crippen LogP contribution in [0.25, 0.3) is 0 Å². The van der Waals surface area contributed by atoms with Crippen LogP contribution in [-0.2, 0) is 6.54 Å². The molecule has 1 aromatic carbocycles. The second-order valence-corrected chi connectivity index (χ2v) is 3.38. The van der Waals surface area contributed by atoms with Crippen LogP contribution in [0, 0.1) is 11.6 Å². The number of nitrogen functional groups attached to an aromatic ring is 1. The van der Waals surface area contributed by atoms with Gasteiger partial charge >= 0.3 is 0 Å². The summed E-state index contributed by atoms with van der Waals surface area (Å²) >= 11 is 0. The molecule has 0 fully saturated rings. The van der Waals surface area contributed by atoms with Crippen molar-refractivity contribution < 1.29 is 18.1 Å². The largest absolute Gasteiger partial charge is 0.394 e. The quantitative estimate of drug-likeness (QED) is 0.792. The number of carbonyl (C=O) groups excluding carboxylic acids is 1. The minimum atomic E-state index is -0.986. The van der Waals surface area contributed by atoms with Crippen LogP contribution in [0.2, 0.25) is 0 Å². The van der Waals surface area contributed by atoms with E-state index in [1.54, 1.807) is 0 Å². The number of nitrogens with zero attached hydrogens (tertiary/aromatic N) is 2. The van der Waals surface area contributed by atoms with Gasteiger partial charge in [-0.25, -0.2) is 8.78 Å². The van der Waals surface area contributed by atoms with Crippen molar-refractivity contribution in [3.8, 4) is 0 Å². The Hall–Kier alpha value is -2.51. The second-order valence-electron chi connectivity index (χ2n) is 3.38. The minimum Gasteiger partial charge on any atom is -0.394 e. The number of nitrogens with two attached hydrogens (primary N) is 1. The second kappa shape index (κ2) is 4.78. The number of rotatable bonds is 3. The molecule has 0 atom stereocenters. The molecule has 0 radical (unpaired) electrons. The van der Waals surface area contributed by atoms with Crippen molar-refractivity contribution >= 4 is 11.6 Å². The van der Waals surface area contributed by atoms with E-state index in [9.17, 15) is 13.6 Å². The standard InChI is InChI=1S/C10H8F2N4O2/c11-6-1-5(2-7(12)9(6)13)10(17)14-3-8-15-4-18-16-8/h1-2,4H,3,13H2,(H,14,17). The highest BCUT2D eigenvalue weighted by Crippen LogP contribution is 2.17. The molecule has 6 nitrogen and oxygen atoms in total. The Bertz CT molecular complexity index is 548. The number of carbonyl (C=O) groups is 1. The highest BCUT2D eigenvalue weighted by atomic mass is 19.1. The van der Waals surface area contributed by atoms with Gasteiger partial charge in [-0.15, -0.1) is 0 Å². The Kier molecular flexibility index (Phi) is 3.18. The summed E-state index contributed by atoms with van der Waals surface area (Å²) in [5, 5.41) is 5.84. The molecule has 1 heterocycles. The molecule has 0 bridgehead atoms. The Morgan fingerprint density at radius 2 is 2.06 bits per heavy atom. The van der Waals surface area contributed by atoms with Crippen molar-refractivity contribution in [1.82, 2.24) is 15.5 Å². The van der Waals surface area contributed by atoms with E-state index in [0.29, 0.717) is 0 Å². The Morgan fingerprint density at radius 1 is 1.39 bits per heavy atom. The molecule has 0 aliphatic rings. The van der Waals surface area contributed by atoms with Gasteiger partial charge in [-0.1, -0.05) is 5.16 Å². The Balaban J connectivity index is 2.09. The van der Waals surface area contributed by atoms with Crippen molar-refractivity contribution in [3.63, 3.8) is 0 Å². The predicted octanol–water partition coefficient (Wildman–Crippen LogP) is 0.860. The molecule has 0 unspecified atom stereocenters. The smallest absolute Gasteiger partial charge is 0.251 e. The topological polar surface area (TPSA) is 94.0 Å². The van der Waals surface area contributed by atoms with E-state index >= 15 is 0 Å². The van der Waals surface area contributed by atoms with Crippen LogP contribution in [0.4, 0.5) is 14.5 Å². The first kappa shape index (κ1) is 12.0. The molecule has 0 aliphatic carbocycles. The molecule has 8 heteroatoms. The van der Waals surface area contributed by atoms with Crippen LogP contribution >= 0.6 is 0 Å². The maximum Gasteiger partial charge on any atom is 0.251 e. The highest BCUT2D eigenvalue weighted by molar-refractivity contribution is 5.94. The van der Waals surface area contributed by atoms with Gasteiger partial charge in [0.15, 0.2) is 5.82 Å². The molecule has 94 valence electrons. The van der Waals surface area contributed by atoms with Gasteiger partial charge in [0.2, 0.25) is 6.39 Å². The number of hydrogen-bond acceptors (Lipinski definition) is 5. The van der Waals surface area contributed by atoms with Gasteiger partial charge in [0, 0.05) is 5.56 Å². The van der Waals surface area contributed by atoms with Gasteiger partial charge in [-0.3, -0.25) is 4.79 Å². The van der Waals surface area contributed by atoms with Crippen molar-refractivity contribution in [2.45, 2.75) is 6.54 Å². The highest BCUT2D eigenvalue weighted by Gasteiger charge is 2.13. The lowest BCUT2D eigenvalue weighted by atomic mass is 10.1. The number of hydrogen-bond donors (Lipinski definition) is 2. The molecule has 0 saturated carbocycles. The first-order valence-electron chi connectivity index (χ1n) is 4.86. The van der Waals surface area contributed by atoms with Gasteiger partial charge < -0.3 is 15.6 Å². The van der Waals surface area contributed by atoms with E-state index in [1.165, 1.54) is 0 Å². The van der Waals surface area contributed by atoms with E-state index < -0.39 is 23.2 Å². The van der Waals surface area contributed by atoms with Gasteiger partial charge in [-0.05, 0) is 12.1 Å². The number of benzene rings is 1. The summed E-state index contributed by atoms with van der Waals surface area (Å²) in [7, 11) is 0. The molecule has 2 aromatic rings. The van der Waals surface area contributed by atoms with Crippen LogP contribution in [0.15, 0.2) is 23.0 Å². The number of anilines is 1. The zero-order valence-corrected chi connectivity index (χ0v) is 8.98. The fourth-order valence-corrected chi connectivity index (χ4v) is 1.25. The summed E-state index contributed by atoms with van der Waals surface area (Å²) in [6.07, 6.45) is 1.10. The lowest BCUT2D eigenvalue weighted by molar-refractivity contribution is 0.0948. The summed E-state index contributed by atoms with van der Waals surface area (Å²) in [5.74, 6) is -2.39. The van der Waals surface area contributed by atoms with E-state index in [4.69, 9.17) is 5.73 Å². The monoisotopic (exact) mass is 254 g/mol. The molecule has 0 saturated heterocycles. The van der Waals surface area contributed by atoms with Crippen molar-refractivity contribution in [2.24, 2.45) is 0 Å². The fourth-order valence-electron chi connectivity index (χ4n) is 1.25. The Labute approximate surface area is 99.8 Å². The van der Waals surface area contributed by atoms with E-state index in [1.807, 2.05) is 0 Å². The Morgan fingerprint density at radius 3 is 2.61 bits per heavy atom. The van der Waals surface area contributed by atoms with Gasteiger partial charge in [0.05, 0.1) is 6.54 Å². The van der Waals surface area contributed by atoms with Gasteiger partial charge in [-0.2, -0.15) is 4.98 Å². The average molecular weight is 254 g/mol. The number of nitrogens with one attached hydrogen (secondary N) is 1. The predicted molar refractivity (Wildman–Crippen MR) is 56.2 cm³/mol. The number of amides is 1. The summed E-state index contributed by atoms with van der Waals surface area (Å²) < 4.78 is 30.7. The first-order valence-corrected chi connectivity index (χ1v) is 4.86. The summed E-state index contributed by atoms with van der Waals surface area (Å²) in [5.41, 5.74) is 4.29. The minimum absolute atomic E-state index is 0.0110. The summed E-state index contributed by atoms with van der Waals surface area (Å²) in [4.78, 5) is 15.3. The fraction of sp³-hybridized carbons (Fsp3) is 0.100. The lowest BCUT2D eigenvalue weighted by Crippen LogP contribution is -2.23. The average Bonchev–Trinajstić information content (AvgIpc) is 2.85. The van der Waals surface area contributed by atoms with Gasteiger partial charge in [0.25, 0.3) is 5.91 Å².